The standard InChI is InChI=1S/C20H20N6O2/c1-20(2)18(27)17(15-9-13(10-21)6-7-16(15)28-20)26-19(25-12-22)24-11-14-5-3-4-8-23-14/h3-9,17-18,27H,11H2,1-2H3,(H2,24,25,26)/t17-,18+/m1/s1. The third-order valence-corrected chi connectivity index (χ3v) is 4.47. The first kappa shape index (κ1) is 19.2. The molecule has 0 amide bonds. The number of hydrogen-bond acceptors (Lipinski definition) is 6. The molecule has 28 heavy (non-hydrogen) atoms. The molecule has 1 aliphatic rings. The molecule has 8 heteroatoms. The van der Waals surface area contributed by atoms with E-state index in [9.17, 15) is 10.4 Å². The second kappa shape index (κ2) is 7.95. The van der Waals surface area contributed by atoms with Gasteiger partial charge < -0.3 is 15.2 Å². The van der Waals surface area contributed by atoms with E-state index in [-0.39, 0.29) is 12.5 Å². The summed E-state index contributed by atoms with van der Waals surface area (Å²) in [6.07, 6.45) is 2.56. The number of guanidine groups is 1. The van der Waals surface area contributed by atoms with Crippen LogP contribution in [-0.4, -0.2) is 27.8 Å². The molecule has 2 aromatic rings. The molecule has 1 aromatic heterocycles. The fraction of sp³-hybridized carbons (Fsp3) is 0.300. The summed E-state index contributed by atoms with van der Waals surface area (Å²) >= 11 is 0. The molecule has 1 aromatic carbocycles. The van der Waals surface area contributed by atoms with Crippen LogP contribution in [0.5, 0.6) is 5.75 Å². The van der Waals surface area contributed by atoms with Gasteiger partial charge in [-0.3, -0.25) is 10.3 Å². The molecule has 142 valence electrons. The Balaban J connectivity index is 1.93. The van der Waals surface area contributed by atoms with Gasteiger partial charge in [-0.25, -0.2) is 4.99 Å². The van der Waals surface area contributed by atoms with Crippen LogP contribution in [0.15, 0.2) is 47.6 Å². The predicted octanol–water partition coefficient (Wildman–Crippen LogP) is 1.74. The second-order valence-electron chi connectivity index (χ2n) is 6.86. The first-order valence-corrected chi connectivity index (χ1v) is 8.71. The minimum Gasteiger partial charge on any atom is -0.485 e. The van der Waals surface area contributed by atoms with E-state index in [0.29, 0.717) is 16.9 Å². The summed E-state index contributed by atoms with van der Waals surface area (Å²) in [4.78, 5) is 8.57. The number of aliphatic hydroxyl groups is 1. The molecule has 0 aliphatic carbocycles. The molecule has 0 unspecified atom stereocenters. The van der Waals surface area contributed by atoms with Gasteiger partial charge in [0.05, 0.1) is 29.9 Å². The van der Waals surface area contributed by atoms with Gasteiger partial charge >= 0.3 is 0 Å². The van der Waals surface area contributed by atoms with Gasteiger partial charge in [0.25, 0.3) is 0 Å². The number of aliphatic hydroxyl groups excluding tert-OH is 1. The van der Waals surface area contributed by atoms with Crippen LogP contribution >= 0.6 is 0 Å². The van der Waals surface area contributed by atoms with Crippen molar-refractivity contribution in [3.8, 4) is 18.0 Å². The van der Waals surface area contributed by atoms with Crippen LogP contribution < -0.4 is 15.4 Å². The number of aromatic nitrogens is 1. The Hall–Kier alpha value is -3.62. The van der Waals surface area contributed by atoms with Crippen LogP contribution in [0.2, 0.25) is 0 Å². The first-order valence-electron chi connectivity index (χ1n) is 8.71. The monoisotopic (exact) mass is 376 g/mol. The van der Waals surface area contributed by atoms with Crippen molar-refractivity contribution in [3.63, 3.8) is 0 Å². The van der Waals surface area contributed by atoms with Gasteiger partial charge in [0.1, 0.15) is 17.5 Å². The van der Waals surface area contributed by atoms with Crippen LogP contribution in [0, 0.1) is 22.8 Å². The number of pyridine rings is 1. The quantitative estimate of drug-likeness (QED) is 0.322. The number of benzene rings is 1. The highest BCUT2D eigenvalue weighted by molar-refractivity contribution is 5.82. The smallest absolute Gasteiger partial charge is 0.205 e. The molecule has 0 bridgehead atoms. The maximum atomic E-state index is 10.9. The summed E-state index contributed by atoms with van der Waals surface area (Å²) in [5.41, 5.74) is 0.927. The lowest BCUT2D eigenvalue weighted by atomic mass is 9.86. The Kier molecular flexibility index (Phi) is 5.44. The number of fused-ring (bicyclic) bond motifs is 1. The highest BCUT2D eigenvalue weighted by Gasteiger charge is 2.43. The van der Waals surface area contributed by atoms with Crippen LogP contribution in [0.3, 0.4) is 0 Å². The fourth-order valence-corrected chi connectivity index (χ4v) is 3.00. The molecule has 3 N–H and O–H groups in total. The van der Waals surface area contributed by atoms with E-state index >= 15 is 0 Å². The van der Waals surface area contributed by atoms with Gasteiger partial charge in [-0.1, -0.05) is 6.07 Å². The largest absolute Gasteiger partial charge is 0.485 e. The number of nitrogens with one attached hydrogen (secondary N) is 2. The molecule has 3 rings (SSSR count). The predicted molar refractivity (Wildman–Crippen MR) is 102 cm³/mol. The van der Waals surface area contributed by atoms with Crippen molar-refractivity contribution < 1.29 is 9.84 Å². The van der Waals surface area contributed by atoms with Gasteiger partial charge in [0.15, 0.2) is 6.19 Å². The van der Waals surface area contributed by atoms with E-state index in [4.69, 9.17) is 10.00 Å². The second-order valence-corrected chi connectivity index (χ2v) is 6.86. The van der Waals surface area contributed by atoms with E-state index in [0.717, 1.165) is 5.69 Å². The zero-order chi connectivity index (χ0) is 20.1. The molecule has 0 radical (unpaired) electrons. The van der Waals surface area contributed by atoms with Crippen LogP contribution in [-0.2, 0) is 6.54 Å². The Bertz CT molecular complexity index is 959. The average Bonchev–Trinajstić information content (AvgIpc) is 2.70. The molecular weight excluding hydrogens is 356 g/mol. The summed E-state index contributed by atoms with van der Waals surface area (Å²) in [7, 11) is 0. The lowest BCUT2D eigenvalue weighted by molar-refractivity contribution is -0.0611. The maximum absolute atomic E-state index is 10.9. The SMILES string of the molecule is CC1(C)Oc2ccc(C#N)cc2[C@@H](NC(=NCc2ccccn2)NC#N)[C@@H]1O. The van der Waals surface area contributed by atoms with Crippen molar-refractivity contribution in [1.29, 1.82) is 10.5 Å². The first-order chi connectivity index (χ1) is 13.4. The molecule has 2 atom stereocenters. The number of nitriles is 2. The lowest BCUT2D eigenvalue weighted by Crippen LogP contribution is -2.54. The fourth-order valence-electron chi connectivity index (χ4n) is 3.00. The molecule has 0 saturated heterocycles. The number of rotatable bonds is 3. The highest BCUT2D eigenvalue weighted by atomic mass is 16.5. The highest BCUT2D eigenvalue weighted by Crippen LogP contribution is 2.40. The number of nitrogens with zero attached hydrogens (tertiary/aromatic N) is 4. The average molecular weight is 376 g/mol. The third kappa shape index (κ3) is 4.03. The molecule has 0 saturated carbocycles. The number of hydrogen-bond donors (Lipinski definition) is 3. The van der Waals surface area contributed by atoms with Crippen molar-refractivity contribution in [3.05, 3.63) is 59.4 Å². The van der Waals surface area contributed by atoms with E-state index in [1.54, 1.807) is 38.2 Å². The Morgan fingerprint density at radius 3 is 2.82 bits per heavy atom. The summed E-state index contributed by atoms with van der Waals surface area (Å²) in [5, 5.41) is 34.7. The normalized spacial score (nSPS) is 20.1. The van der Waals surface area contributed by atoms with Crippen LogP contribution in [0.4, 0.5) is 0 Å². The Labute approximate surface area is 163 Å². The van der Waals surface area contributed by atoms with Crippen molar-refractivity contribution in [2.75, 3.05) is 0 Å². The van der Waals surface area contributed by atoms with E-state index in [1.807, 2.05) is 24.4 Å². The van der Waals surface area contributed by atoms with Gasteiger partial charge in [-0.05, 0) is 44.2 Å². The van der Waals surface area contributed by atoms with Crippen LogP contribution in [0.25, 0.3) is 0 Å². The molecule has 1 aliphatic heterocycles. The Morgan fingerprint density at radius 1 is 1.32 bits per heavy atom. The van der Waals surface area contributed by atoms with Gasteiger partial charge in [0, 0.05) is 11.8 Å². The molecule has 0 fully saturated rings. The molecule has 0 spiro atoms. The van der Waals surface area contributed by atoms with Crippen molar-refractivity contribution in [1.82, 2.24) is 15.6 Å². The summed E-state index contributed by atoms with van der Waals surface area (Å²) in [6.45, 7) is 3.80. The van der Waals surface area contributed by atoms with Crippen molar-refractivity contribution >= 4 is 5.96 Å². The van der Waals surface area contributed by atoms with Gasteiger partial charge in [-0.15, -0.1) is 0 Å². The van der Waals surface area contributed by atoms with E-state index < -0.39 is 17.7 Å². The van der Waals surface area contributed by atoms with E-state index in [1.165, 1.54) is 0 Å². The van der Waals surface area contributed by atoms with E-state index in [2.05, 4.69) is 26.7 Å². The summed E-state index contributed by atoms with van der Waals surface area (Å²) in [5.74, 6) is 0.760. The molecular formula is C20H20N6O2. The summed E-state index contributed by atoms with van der Waals surface area (Å²) in [6, 6.07) is 12.0. The number of ether oxygens (including phenoxy) is 1. The zero-order valence-electron chi connectivity index (χ0n) is 15.5. The summed E-state index contributed by atoms with van der Waals surface area (Å²) < 4.78 is 5.90. The maximum Gasteiger partial charge on any atom is 0.205 e. The van der Waals surface area contributed by atoms with Crippen molar-refractivity contribution in [2.24, 2.45) is 4.99 Å². The molecule has 8 nitrogen and oxygen atoms in total. The number of aliphatic imine (C=N–C) groups is 1. The minimum absolute atomic E-state index is 0.197. The van der Waals surface area contributed by atoms with Gasteiger partial charge in [0.2, 0.25) is 5.96 Å². The van der Waals surface area contributed by atoms with Crippen molar-refractivity contribution in [2.45, 2.75) is 38.1 Å². The lowest BCUT2D eigenvalue weighted by Gasteiger charge is -2.42. The third-order valence-electron chi connectivity index (χ3n) is 4.47. The van der Waals surface area contributed by atoms with Gasteiger partial charge in [-0.2, -0.15) is 10.5 Å². The van der Waals surface area contributed by atoms with Crippen LogP contribution in [0.1, 0.15) is 36.7 Å². The minimum atomic E-state index is -0.950. The molecule has 2 heterocycles. The Morgan fingerprint density at radius 2 is 2.14 bits per heavy atom. The topological polar surface area (TPSA) is 126 Å². The zero-order valence-corrected chi connectivity index (χ0v) is 15.5.